The van der Waals surface area contributed by atoms with Gasteiger partial charge in [-0.1, -0.05) is 60.4 Å². The molecule has 33 heavy (non-hydrogen) atoms. The molecule has 1 aliphatic carbocycles. The SMILES string of the molecule is COC(=O)c1ccc(C#CCCNC(=O)OCC2c3ccccc3-c3ccccc32)c(F)c1. The number of methoxy groups -OCH3 is 1. The van der Waals surface area contributed by atoms with Gasteiger partial charge in [0.05, 0.1) is 18.2 Å². The van der Waals surface area contributed by atoms with Gasteiger partial charge in [-0.3, -0.25) is 0 Å². The second kappa shape index (κ2) is 10.0. The first-order valence-corrected chi connectivity index (χ1v) is 10.5. The van der Waals surface area contributed by atoms with Gasteiger partial charge in [0, 0.05) is 18.9 Å². The Balaban J connectivity index is 1.27. The Morgan fingerprint density at radius 1 is 1.00 bits per heavy atom. The Bertz CT molecular complexity index is 1210. The van der Waals surface area contributed by atoms with Crippen LogP contribution in [0.2, 0.25) is 0 Å². The summed E-state index contributed by atoms with van der Waals surface area (Å²) in [6.45, 7) is 0.509. The lowest BCUT2D eigenvalue weighted by Crippen LogP contribution is -2.26. The average Bonchev–Trinajstić information content (AvgIpc) is 3.16. The van der Waals surface area contributed by atoms with Crippen LogP contribution in [0.4, 0.5) is 9.18 Å². The molecular formula is C27H22FNO4. The first kappa shape index (κ1) is 22.1. The highest BCUT2D eigenvalue weighted by atomic mass is 19.1. The van der Waals surface area contributed by atoms with Crippen LogP contribution in [0.3, 0.4) is 0 Å². The number of fused-ring (bicyclic) bond motifs is 3. The number of hydrogen-bond donors (Lipinski definition) is 1. The van der Waals surface area contributed by atoms with Crippen LogP contribution >= 0.6 is 0 Å². The normalized spacial score (nSPS) is 11.6. The quantitative estimate of drug-likeness (QED) is 0.346. The number of halogens is 1. The van der Waals surface area contributed by atoms with Gasteiger partial charge in [-0.2, -0.15) is 0 Å². The van der Waals surface area contributed by atoms with Crippen molar-refractivity contribution < 1.29 is 23.5 Å². The molecular weight excluding hydrogens is 421 g/mol. The Hall–Kier alpha value is -4.11. The van der Waals surface area contributed by atoms with Crippen LogP contribution in [-0.4, -0.2) is 32.3 Å². The van der Waals surface area contributed by atoms with E-state index in [1.807, 2.05) is 24.3 Å². The molecule has 4 rings (SSSR count). The second-order valence-electron chi connectivity index (χ2n) is 7.49. The lowest BCUT2D eigenvalue weighted by atomic mass is 9.98. The molecule has 3 aromatic carbocycles. The maximum absolute atomic E-state index is 14.0. The van der Waals surface area contributed by atoms with E-state index in [1.165, 1.54) is 30.4 Å². The number of rotatable bonds is 5. The smallest absolute Gasteiger partial charge is 0.407 e. The third-order valence-corrected chi connectivity index (χ3v) is 5.48. The third kappa shape index (κ3) is 4.88. The molecule has 1 N–H and O–H groups in total. The molecule has 0 saturated heterocycles. The minimum Gasteiger partial charge on any atom is -0.465 e. The van der Waals surface area contributed by atoms with E-state index >= 15 is 0 Å². The van der Waals surface area contributed by atoms with Crippen molar-refractivity contribution in [2.75, 3.05) is 20.3 Å². The monoisotopic (exact) mass is 443 g/mol. The summed E-state index contributed by atoms with van der Waals surface area (Å²) in [4.78, 5) is 23.6. The molecule has 0 saturated carbocycles. The van der Waals surface area contributed by atoms with Crippen LogP contribution in [-0.2, 0) is 9.47 Å². The molecule has 0 radical (unpaired) electrons. The zero-order valence-corrected chi connectivity index (χ0v) is 18.1. The summed E-state index contributed by atoms with van der Waals surface area (Å²) in [7, 11) is 1.23. The van der Waals surface area contributed by atoms with Crippen molar-refractivity contribution in [1.29, 1.82) is 0 Å². The van der Waals surface area contributed by atoms with Crippen molar-refractivity contribution in [3.63, 3.8) is 0 Å². The first-order valence-electron chi connectivity index (χ1n) is 10.5. The van der Waals surface area contributed by atoms with Crippen LogP contribution in [0.5, 0.6) is 0 Å². The summed E-state index contributed by atoms with van der Waals surface area (Å²) in [5.74, 6) is 4.29. The van der Waals surface area contributed by atoms with E-state index in [0.29, 0.717) is 6.42 Å². The molecule has 0 aliphatic heterocycles. The summed E-state index contributed by atoms with van der Waals surface area (Å²) in [5, 5.41) is 2.67. The third-order valence-electron chi connectivity index (χ3n) is 5.48. The largest absolute Gasteiger partial charge is 0.465 e. The van der Waals surface area contributed by atoms with Gasteiger partial charge in [0.15, 0.2) is 0 Å². The van der Waals surface area contributed by atoms with Crippen molar-refractivity contribution in [1.82, 2.24) is 5.32 Å². The fourth-order valence-electron chi connectivity index (χ4n) is 3.90. The molecule has 3 aromatic rings. The van der Waals surface area contributed by atoms with Crippen LogP contribution in [0.25, 0.3) is 11.1 Å². The number of esters is 1. The topological polar surface area (TPSA) is 64.6 Å². The van der Waals surface area contributed by atoms with E-state index < -0.39 is 17.9 Å². The Morgan fingerprint density at radius 3 is 2.30 bits per heavy atom. The van der Waals surface area contributed by atoms with E-state index in [2.05, 4.69) is 46.2 Å². The maximum atomic E-state index is 14.0. The van der Waals surface area contributed by atoms with Crippen LogP contribution < -0.4 is 5.32 Å². The summed E-state index contributed by atoms with van der Waals surface area (Å²) >= 11 is 0. The number of nitrogens with one attached hydrogen (secondary N) is 1. The molecule has 166 valence electrons. The van der Waals surface area contributed by atoms with E-state index in [4.69, 9.17) is 4.74 Å². The predicted molar refractivity (Wildman–Crippen MR) is 122 cm³/mol. The standard InChI is InChI=1S/C27H22FNO4/c1-32-26(30)19-14-13-18(25(28)16-19)8-6-7-15-29-27(31)33-17-24-22-11-4-2-9-20(22)21-10-3-5-12-23(21)24/h2-5,9-14,16,24H,7,15,17H2,1H3,(H,29,31). The summed E-state index contributed by atoms with van der Waals surface area (Å²) in [6.07, 6.45) is -0.199. The molecule has 0 atom stereocenters. The summed E-state index contributed by atoms with van der Waals surface area (Å²) in [6, 6.07) is 20.2. The van der Waals surface area contributed by atoms with Gasteiger partial charge < -0.3 is 14.8 Å². The Labute approximate surface area is 191 Å². The lowest BCUT2D eigenvalue weighted by molar-refractivity contribution is 0.0600. The highest BCUT2D eigenvalue weighted by molar-refractivity contribution is 5.89. The summed E-state index contributed by atoms with van der Waals surface area (Å²) < 4.78 is 24.1. The van der Waals surface area contributed by atoms with Gasteiger partial charge in [-0.05, 0) is 40.5 Å². The molecule has 0 bridgehead atoms. The van der Waals surface area contributed by atoms with Crippen LogP contribution in [0.15, 0.2) is 66.7 Å². The highest BCUT2D eigenvalue weighted by Gasteiger charge is 2.28. The van der Waals surface area contributed by atoms with E-state index in [1.54, 1.807) is 0 Å². The van der Waals surface area contributed by atoms with E-state index in [-0.39, 0.29) is 30.2 Å². The zero-order chi connectivity index (χ0) is 23.2. The van der Waals surface area contributed by atoms with E-state index in [0.717, 1.165) is 17.2 Å². The van der Waals surface area contributed by atoms with Crippen molar-refractivity contribution >= 4 is 12.1 Å². The first-order chi connectivity index (χ1) is 16.1. The maximum Gasteiger partial charge on any atom is 0.407 e. The number of benzene rings is 3. The van der Waals surface area contributed by atoms with Gasteiger partial charge in [-0.15, -0.1) is 0 Å². The van der Waals surface area contributed by atoms with Gasteiger partial charge in [0.1, 0.15) is 12.4 Å². The van der Waals surface area contributed by atoms with Crippen molar-refractivity contribution in [3.8, 4) is 23.0 Å². The zero-order valence-electron chi connectivity index (χ0n) is 18.1. The average molecular weight is 443 g/mol. The molecule has 0 aromatic heterocycles. The Kier molecular flexibility index (Phi) is 6.70. The van der Waals surface area contributed by atoms with Gasteiger partial charge >= 0.3 is 12.1 Å². The molecule has 6 heteroatoms. The highest BCUT2D eigenvalue weighted by Crippen LogP contribution is 2.44. The molecule has 5 nitrogen and oxygen atoms in total. The number of ether oxygens (including phenoxy) is 2. The van der Waals surface area contributed by atoms with Gasteiger partial charge in [0.25, 0.3) is 0 Å². The van der Waals surface area contributed by atoms with E-state index in [9.17, 15) is 14.0 Å². The number of hydrogen-bond acceptors (Lipinski definition) is 4. The summed E-state index contributed by atoms with van der Waals surface area (Å²) in [5.41, 5.74) is 4.94. The molecule has 0 spiro atoms. The van der Waals surface area contributed by atoms with Crippen LogP contribution in [0, 0.1) is 17.7 Å². The number of alkyl carbamates (subject to hydrolysis) is 1. The number of carbonyl (C=O) groups excluding carboxylic acids is 2. The molecule has 1 amide bonds. The fraction of sp³-hybridized carbons (Fsp3) is 0.185. The Morgan fingerprint density at radius 2 is 1.67 bits per heavy atom. The molecule has 0 unspecified atom stereocenters. The second-order valence-corrected chi connectivity index (χ2v) is 7.49. The van der Waals surface area contributed by atoms with Crippen molar-refractivity contribution in [2.45, 2.75) is 12.3 Å². The minimum absolute atomic E-state index is 0.00104. The van der Waals surface area contributed by atoms with Gasteiger partial charge in [0.2, 0.25) is 0 Å². The molecule has 0 fully saturated rings. The fourth-order valence-corrected chi connectivity index (χ4v) is 3.90. The molecule has 0 heterocycles. The number of carbonyl (C=O) groups is 2. The lowest BCUT2D eigenvalue weighted by Gasteiger charge is -2.14. The predicted octanol–water partition coefficient (Wildman–Crippen LogP) is 4.89. The molecule has 1 aliphatic rings. The number of amides is 1. The van der Waals surface area contributed by atoms with Crippen molar-refractivity contribution in [2.24, 2.45) is 0 Å². The van der Waals surface area contributed by atoms with Crippen LogP contribution in [0.1, 0.15) is 39.4 Å². The minimum atomic E-state index is -0.610. The van der Waals surface area contributed by atoms with Gasteiger partial charge in [-0.25, -0.2) is 14.0 Å². The van der Waals surface area contributed by atoms with Crippen molar-refractivity contribution in [3.05, 3.63) is 94.8 Å².